The number of nitrogens with two attached hydrogens (primary N) is 2. The number of aliphatic carboxylic acids is 2. The summed E-state index contributed by atoms with van der Waals surface area (Å²) in [5.74, 6) is -6.27. The average molecular weight is 479 g/mol. The molecule has 0 saturated carbocycles. The van der Waals surface area contributed by atoms with Crippen LogP contribution in [-0.2, 0) is 35.2 Å². The van der Waals surface area contributed by atoms with E-state index in [0.717, 1.165) is 0 Å². The lowest BCUT2D eigenvalue weighted by Gasteiger charge is -2.24. The average Bonchev–Trinajstić information content (AvgIpc) is 2.75. The van der Waals surface area contributed by atoms with Crippen LogP contribution in [0.15, 0.2) is 30.3 Å². The van der Waals surface area contributed by atoms with E-state index in [1.165, 1.54) is 6.92 Å². The molecule has 0 fully saturated rings. The maximum absolute atomic E-state index is 12.8. The second kappa shape index (κ2) is 13.5. The normalized spacial score (nSPS) is 14.1. The number of primary amides is 1. The van der Waals surface area contributed by atoms with E-state index in [0.29, 0.717) is 5.56 Å². The van der Waals surface area contributed by atoms with Gasteiger partial charge in [0, 0.05) is 12.8 Å². The molecule has 0 heterocycles. The van der Waals surface area contributed by atoms with Gasteiger partial charge in [-0.25, -0.2) is 4.79 Å². The van der Waals surface area contributed by atoms with Crippen molar-refractivity contribution < 1.29 is 39.0 Å². The lowest BCUT2D eigenvalue weighted by molar-refractivity contribution is -0.143. The molecular formula is C21H29N5O8. The summed E-state index contributed by atoms with van der Waals surface area (Å²) < 4.78 is 0. The van der Waals surface area contributed by atoms with E-state index in [2.05, 4.69) is 16.0 Å². The van der Waals surface area contributed by atoms with Crippen molar-refractivity contribution in [2.75, 3.05) is 0 Å². The number of hydrogen-bond acceptors (Lipinski definition) is 7. The fourth-order valence-corrected chi connectivity index (χ4v) is 2.84. The summed E-state index contributed by atoms with van der Waals surface area (Å²) in [5, 5.41) is 25.3. The molecule has 13 nitrogen and oxygen atoms in total. The quantitative estimate of drug-likeness (QED) is 0.154. The number of carbonyl (C=O) groups excluding carboxylic acids is 4. The van der Waals surface area contributed by atoms with Crippen LogP contribution in [0.2, 0.25) is 0 Å². The van der Waals surface area contributed by atoms with Crippen LogP contribution in [0.25, 0.3) is 0 Å². The molecule has 0 aromatic heterocycles. The summed E-state index contributed by atoms with van der Waals surface area (Å²) in [6.45, 7) is 1.33. The summed E-state index contributed by atoms with van der Waals surface area (Å²) in [6.07, 6.45) is -1.47. The van der Waals surface area contributed by atoms with E-state index < -0.39 is 66.2 Å². The van der Waals surface area contributed by atoms with E-state index in [1.807, 2.05) is 0 Å². The third-order valence-electron chi connectivity index (χ3n) is 4.63. The van der Waals surface area contributed by atoms with Gasteiger partial charge in [0.2, 0.25) is 23.6 Å². The van der Waals surface area contributed by atoms with E-state index in [1.54, 1.807) is 30.3 Å². The Balaban J connectivity index is 3.02. The molecule has 34 heavy (non-hydrogen) atoms. The SMILES string of the molecule is CC(N)C(=O)NC(CC(=O)O)C(=O)NC(CCC(N)=O)C(=O)NC(Cc1ccccc1)C(=O)O. The van der Waals surface area contributed by atoms with Crippen molar-refractivity contribution in [3.05, 3.63) is 35.9 Å². The fourth-order valence-electron chi connectivity index (χ4n) is 2.84. The van der Waals surface area contributed by atoms with Crippen molar-refractivity contribution in [1.29, 1.82) is 0 Å². The molecule has 13 heteroatoms. The summed E-state index contributed by atoms with van der Waals surface area (Å²) in [6, 6.07) is 3.10. The predicted octanol–water partition coefficient (Wildman–Crippen LogP) is -2.14. The van der Waals surface area contributed by atoms with E-state index in [9.17, 15) is 33.9 Å². The Kier molecular flexibility index (Phi) is 11.2. The van der Waals surface area contributed by atoms with Gasteiger partial charge in [-0.05, 0) is 18.9 Å². The molecule has 1 rings (SSSR count). The van der Waals surface area contributed by atoms with Crippen molar-refractivity contribution in [1.82, 2.24) is 16.0 Å². The minimum Gasteiger partial charge on any atom is -0.481 e. The van der Waals surface area contributed by atoms with Crippen LogP contribution in [0.3, 0.4) is 0 Å². The second-order valence-corrected chi connectivity index (χ2v) is 7.60. The maximum atomic E-state index is 12.8. The molecule has 0 bridgehead atoms. The van der Waals surface area contributed by atoms with Crippen LogP contribution in [-0.4, -0.2) is 69.9 Å². The Morgan fingerprint density at radius 3 is 1.88 bits per heavy atom. The van der Waals surface area contributed by atoms with Crippen LogP contribution < -0.4 is 27.4 Å². The van der Waals surface area contributed by atoms with E-state index >= 15 is 0 Å². The highest BCUT2D eigenvalue weighted by Gasteiger charge is 2.31. The van der Waals surface area contributed by atoms with Gasteiger partial charge in [-0.15, -0.1) is 0 Å². The zero-order valence-corrected chi connectivity index (χ0v) is 18.5. The van der Waals surface area contributed by atoms with Gasteiger partial charge in [0.1, 0.15) is 18.1 Å². The van der Waals surface area contributed by atoms with Crippen LogP contribution >= 0.6 is 0 Å². The predicted molar refractivity (Wildman–Crippen MR) is 118 cm³/mol. The minimum atomic E-state index is -1.57. The first-order valence-electron chi connectivity index (χ1n) is 10.3. The van der Waals surface area contributed by atoms with Crippen molar-refractivity contribution in [2.45, 2.75) is 56.8 Å². The third-order valence-corrected chi connectivity index (χ3v) is 4.63. The summed E-state index contributed by atoms with van der Waals surface area (Å²) in [4.78, 5) is 71.3. The molecule has 1 aromatic rings. The number of nitrogens with one attached hydrogen (secondary N) is 3. The van der Waals surface area contributed by atoms with Crippen LogP contribution in [0.1, 0.15) is 31.7 Å². The van der Waals surface area contributed by atoms with Gasteiger partial charge in [0.15, 0.2) is 0 Å². The number of hydrogen-bond donors (Lipinski definition) is 7. The molecule has 0 aliphatic heterocycles. The molecule has 0 spiro atoms. The topological polar surface area (TPSA) is 231 Å². The summed E-state index contributed by atoms with van der Waals surface area (Å²) in [5.41, 5.74) is 11.2. The lowest BCUT2D eigenvalue weighted by Crippen LogP contribution is -2.57. The van der Waals surface area contributed by atoms with Gasteiger partial charge in [-0.1, -0.05) is 30.3 Å². The van der Waals surface area contributed by atoms with Gasteiger partial charge in [0.25, 0.3) is 0 Å². The third kappa shape index (κ3) is 10.1. The fraction of sp³-hybridized carbons (Fsp3) is 0.429. The first-order valence-corrected chi connectivity index (χ1v) is 10.3. The smallest absolute Gasteiger partial charge is 0.326 e. The van der Waals surface area contributed by atoms with Crippen LogP contribution in [0.4, 0.5) is 0 Å². The van der Waals surface area contributed by atoms with Crippen molar-refractivity contribution >= 4 is 35.6 Å². The van der Waals surface area contributed by atoms with Crippen molar-refractivity contribution in [2.24, 2.45) is 11.5 Å². The first kappa shape index (κ1) is 28.0. The Hall–Kier alpha value is -4.00. The molecular weight excluding hydrogens is 450 g/mol. The monoisotopic (exact) mass is 479 g/mol. The lowest BCUT2D eigenvalue weighted by atomic mass is 10.0. The standard InChI is InChI=1S/C21H29N5O8/c1-11(22)18(30)25-14(10-17(28)29)20(32)24-13(7-8-16(23)27)19(31)26-15(21(33)34)9-12-5-3-2-4-6-12/h2-6,11,13-15H,7-10,22H2,1H3,(H2,23,27)(H,24,32)(H,25,30)(H,26,31)(H,28,29)(H,33,34). The molecule has 4 unspecified atom stereocenters. The Labute approximate surface area is 195 Å². The van der Waals surface area contributed by atoms with Gasteiger partial charge < -0.3 is 37.6 Å². The highest BCUT2D eigenvalue weighted by atomic mass is 16.4. The molecule has 9 N–H and O–H groups in total. The zero-order chi connectivity index (χ0) is 25.8. The van der Waals surface area contributed by atoms with Gasteiger partial charge in [-0.3, -0.25) is 24.0 Å². The largest absolute Gasteiger partial charge is 0.481 e. The molecule has 1 aromatic carbocycles. The Morgan fingerprint density at radius 1 is 0.853 bits per heavy atom. The number of amides is 4. The molecule has 186 valence electrons. The highest BCUT2D eigenvalue weighted by molar-refractivity contribution is 5.95. The molecule has 4 atom stereocenters. The van der Waals surface area contributed by atoms with Crippen molar-refractivity contribution in [3.8, 4) is 0 Å². The van der Waals surface area contributed by atoms with Gasteiger partial charge in [-0.2, -0.15) is 0 Å². The molecule has 0 saturated heterocycles. The second-order valence-electron chi connectivity index (χ2n) is 7.60. The van der Waals surface area contributed by atoms with E-state index in [-0.39, 0.29) is 19.3 Å². The van der Waals surface area contributed by atoms with E-state index in [4.69, 9.17) is 16.6 Å². The van der Waals surface area contributed by atoms with Crippen LogP contribution in [0, 0.1) is 0 Å². The van der Waals surface area contributed by atoms with Gasteiger partial charge in [0.05, 0.1) is 12.5 Å². The van der Waals surface area contributed by atoms with Crippen LogP contribution in [0.5, 0.6) is 0 Å². The summed E-state index contributed by atoms with van der Waals surface area (Å²) >= 11 is 0. The maximum Gasteiger partial charge on any atom is 0.326 e. The molecule has 4 amide bonds. The zero-order valence-electron chi connectivity index (χ0n) is 18.5. The number of benzene rings is 1. The van der Waals surface area contributed by atoms with Crippen molar-refractivity contribution in [3.63, 3.8) is 0 Å². The number of rotatable bonds is 14. The Bertz CT molecular complexity index is 906. The molecule has 0 aliphatic rings. The molecule has 0 aliphatic carbocycles. The Morgan fingerprint density at radius 2 is 1.38 bits per heavy atom. The van der Waals surface area contributed by atoms with Gasteiger partial charge >= 0.3 is 11.9 Å². The highest BCUT2D eigenvalue weighted by Crippen LogP contribution is 2.06. The number of carboxylic acids is 2. The molecule has 0 radical (unpaired) electrons. The number of carbonyl (C=O) groups is 6. The minimum absolute atomic E-state index is 0.0511. The number of carboxylic acid groups (broad SMARTS) is 2. The summed E-state index contributed by atoms with van der Waals surface area (Å²) in [7, 11) is 0. The first-order chi connectivity index (χ1) is 15.9.